The van der Waals surface area contributed by atoms with Crippen molar-refractivity contribution in [2.45, 2.75) is 7.86 Å². The molecule has 0 spiro atoms. The summed E-state index contributed by atoms with van der Waals surface area (Å²) < 4.78 is 8.12. The molecule has 0 saturated carbocycles. The Balaban J connectivity index is 2.00. The molecule has 0 aromatic heterocycles. The van der Waals surface area contributed by atoms with E-state index in [4.69, 9.17) is 4.74 Å². The van der Waals surface area contributed by atoms with Gasteiger partial charge in [0.2, 0.25) is 0 Å². The van der Waals surface area contributed by atoms with Gasteiger partial charge in [-0.25, -0.2) is 0 Å². The van der Waals surface area contributed by atoms with Gasteiger partial charge < -0.3 is 0 Å². The Bertz CT molecular complexity index is 23.0. The molecule has 0 aliphatic carbocycles. The molecule has 1 fully saturated rings. The average molecular weight is 273 g/mol. The molecule has 1 aliphatic rings. The molecule has 1 heterocycles. The molecule has 32 valence electrons. The number of rotatable bonds is 0. The van der Waals surface area contributed by atoms with Crippen LogP contribution in [0.15, 0.2) is 0 Å². The molecular weight excluding hydrogens is 265 g/mol. The van der Waals surface area contributed by atoms with Crippen molar-refractivity contribution in [3.63, 3.8) is 0 Å². The summed E-state index contributed by atoms with van der Waals surface area (Å²) >= 11 is -0.211. The van der Waals surface area contributed by atoms with E-state index in [1.54, 1.807) is 0 Å². The second-order valence-corrected chi connectivity index (χ2v) is 9.92. The second-order valence-electron chi connectivity index (χ2n) is 1.67. The third-order valence-corrected chi connectivity index (χ3v) is 7.21. The predicted octanol–water partition coefficient (Wildman–Crippen LogP) is 0.936. The zero-order chi connectivity index (χ0) is 4.24. The SMILES string of the molecule is C1[CH2][Hg][CH2]CO1. The van der Waals surface area contributed by atoms with E-state index in [-0.39, 0.29) is 24.6 Å². The summed E-state index contributed by atoms with van der Waals surface area (Å²) in [4.78, 5) is 0. The van der Waals surface area contributed by atoms with Gasteiger partial charge in [0.1, 0.15) is 0 Å². The zero-order valence-corrected chi connectivity index (χ0v) is 9.44. The minimum atomic E-state index is -0.211. The molecule has 2 heteroatoms. The first kappa shape index (κ1) is 5.04. The molecule has 0 N–H and O–H groups in total. The Kier molecular flexibility index (Phi) is 2.50. The number of ether oxygens (including phenoxy) is 1. The molecule has 0 amide bonds. The van der Waals surface area contributed by atoms with Gasteiger partial charge in [0.25, 0.3) is 0 Å². The third kappa shape index (κ3) is 1.56. The molecule has 0 aromatic rings. The van der Waals surface area contributed by atoms with Crippen LogP contribution >= 0.6 is 0 Å². The van der Waals surface area contributed by atoms with Crippen molar-refractivity contribution < 1.29 is 29.3 Å². The van der Waals surface area contributed by atoms with Crippen molar-refractivity contribution in [2.24, 2.45) is 0 Å². The van der Waals surface area contributed by atoms with Crippen LogP contribution in [0.1, 0.15) is 0 Å². The molecule has 0 bridgehead atoms. The first-order valence-electron chi connectivity index (χ1n) is 2.58. The van der Waals surface area contributed by atoms with E-state index in [2.05, 4.69) is 0 Å². The first-order chi connectivity index (χ1) is 3.00. The summed E-state index contributed by atoms with van der Waals surface area (Å²) in [5.41, 5.74) is 0. The van der Waals surface area contributed by atoms with Crippen LogP contribution in [0.25, 0.3) is 0 Å². The molecule has 0 atom stereocenters. The number of hydrogen-bond acceptors (Lipinski definition) is 1. The third-order valence-electron chi connectivity index (χ3n) is 1.08. The summed E-state index contributed by atoms with van der Waals surface area (Å²) in [6.07, 6.45) is 0. The minimum absolute atomic E-state index is 0.211. The molecule has 1 saturated heterocycles. The van der Waals surface area contributed by atoms with Crippen LogP contribution in [0, 0.1) is 0 Å². The van der Waals surface area contributed by atoms with Gasteiger partial charge in [-0.2, -0.15) is 0 Å². The van der Waals surface area contributed by atoms with Crippen LogP contribution in [0.4, 0.5) is 0 Å². The molecule has 1 rings (SSSR count). The standard InChI is InChI=1S/C4H8O.Hg/c1-3-5-4-2;/h1-4H2;. The number of hydrogen-bond donors (Lipinski definition) is 0. The van der Waals surface area contributed by atoms with Crippen LogP contribution in [-0.2, 0) is 29.3 Å². The molecule has 1 aliphatic heterocycles. The first-order valence-corrected chi connectivity index (χ1v) is 10.4. The quantitative estimate of drug-likeness (QED) is 0.597. The fourth-order valence-corrected chi connectivity index (χ4v) is 5.24. The second kappa shape index (κ2) is 2.97. The van der Waals surface area contributed by atoms with Gasteiger partial charge in [-0.1, -0.05) is 0 Å². The van der Waals surface area contributed by atoms with E-state index >= 15 is 0 Å². The molecule has 1 nitrogen and oxygen atoms in total. The van der Waals surface area contributed by atoms with Gasteiger partial charge in [-0.05, 0) is 0 Å². The van der Waals surface area contributed by atoms with Crippen LogP contribution in [0.5, 0.6) is 0 Å². The summed E-state index contributed by atoms with van der Waals surface area (Å²) in [6.45, 7) is 2.20. The molecule has 0 radical (unpaired) electrons. The monoisotopic (exact) mass is 274 g/mol. The van der Waals surface area contributed by atoms with Crippen molar-refractivity contribution in [2.75, 3.05) is 13.2 Å². The fraction of sp³-hybridized carbons (Fsp3) is 1.00. The Morgan fingerprint density at radius 3 is 2.00 bits per heavy atom. The average Bonchev–Trinajstić information content (AvgIpc) is 1.72. The summed E-state index contributed by atoms with van der Waals surface area (Å²) in [5, 5.41) is 0. The molecule has 6 heavy (non-hydrogen) atoms. The van der Waals surface area contributed by atoms with Crippen molar-refractivity contribution >= 4 is 0 Å². The zero-order valence-electron chi connectivity index (χ0n) is 3.94. The normalized spacial score (nSPS) is 21.3. The van der Waals surface area contributed by atoms with Gasteiger partial charge in [-0.3, -0.25) is 0 Å². The summed E-state index contributed by atoms with van der Waals surface area (Å²) in [7, 11) is 0. The Morgan fingerprint density at radius 2 is 1.83 bits per heavy atom. The van der Waals surface area contributed by atoms with Crippen molar-refractivity contribution in [1.29, 1.82) is 0 Å². The van der Waals surface area contributed by atoms with Crippen molar-refractivity contribution in [3.8, 4) is 0 Å². The topological polar surface area (TPSA) is 9.23 Å². The van der Waals surface area contributed by atoms with Crippen LogP contribution in [0.2, 0.25) is 7.86 Å². The Morgan fingerprint density at radius 1 is 1.17 bits per heavy atom. The van der Waals surface area contributed by atoms with E-state index in [9.17, 15) is 0 Å². The predicted molar refractivity (Wildman–Crippen MR) is 20.4 cm³/mol. The Hall–Kier alpha value is 0.895. The summed E-state index contributed by atoms with van der Waals surface area (Å²) in [5.74, 6) is 0. The van der Waals surface area contributed by atoms with Gasteiger partial charge in [0, 0.05) is 0 Å². The van der Waals surface area contributed by atoms with E-state index in [0.29, 0.717) is 0 Å². The van der Waals surface area contributed by atoms with E-state index in [1.165, 1.54) is 7.86 Å². The molecule has 0 aromatic carbocycles. The Labute approximate surface area is 50.5 Å². The molecular formula is C4H8HgO. The maximum absolute atomic E-state index is 5.12. The van der Waals surface area contributed by atoms with Gasteiger partial charge in [0.05, 0.1) is 0 Å². The van der Waals surface area contributed by atoms with E-state index in [0.717, 1.165) is 13.2 Å². The van der Waals surface area contributed by atoms with Crippen molar-refractivity contribution in [1.82, 2.24) is 0 Å². The van der Waals surface area contributed by atoms with Crippen LogP contribution in [0.3, 0.4) is 0 Å². The maximum atomic E-state index is 5.12. The van der Waals surface area contributed by atoms with Crippen LogP contribution < -0.4 is 0 Å². The van der Waals surface area contributed by atoms with E-state index < -0.39 is 0 Å². The van der Waals surface area contributed by atoms with Gasteiger partial charge in [0.15, 0.2) is 0 Å². The van der Waals surface area contributed by atoms with Gasteiger partial charge >= 0.3 is 50.4 Å². The van der Waals surface area contributed by atoms with E-state index in [1.807, 2.05) is 0 Å². The van der Waals surface area contributed by atoms with Crippen molar-refractivity contribution in [3.05, 3.63) is 0 Å². The summed E-state index contributed by atoms with van der Waals surface area (Å²) in [6, 6.07) is 0. The van der Waals surface area contributed by atoms with Gasteiger partial charge in [-0.15, -0.1) is 0 Å². The van der Waals surface area contributed by atoms with Crippen LogP contribution in [-0.4, -0.2) is 13.2 Å². The fourth-order valence-electron chi connectivity index (χ4n) is 0.687. The molecule has 0 unspecified atom stereocenters.